The second-order valence-electron chi connectivity index (χ2n) is 8.70. The SMILES string of the molecule is CC.COc1ccc(F)c(N2CCC(Oc3ccc(N4N=C(C(F)(F)F)C(C)[C@@H]4CC=O)cc3)CC2)c1. The summed E-state index contributed by atoms with van der Waals surface area (Å²) in [7, 11) is 1.54. The Balaban J connectivity index is 0.00000186. The van der Waals surface area contributed by atoms with Crippen molar-refractivity contribution in [3.8, 4) is 11.5 Å². The molecular formula is C27H33F4N3O3. The molecule has 1 unspecified atom stereocenters. The molecule has 37 heavy (non-hydrogen) atoms. The smallest absolute Gasteiger partial charge is 0.431 e. The van der Waals surface area contributed by atoms with Gasteiger partial charge in [0.15, 0.2) is 0 Å². The minimum atomic E-state index is -4.55. The van der Waals surface area contributed by atoms with Crippen molar-refractivity contribution in [2.75, 3.05) is 30.1 Å². The summed E-state index contributed by atoms with van der Waals surface area (Å²) >= 11 is 0. The van der Waals surface area contributed by atoms with Gasteiger partial charge < -0.3 is 19.2 Å². The van der Waals surface area contributed by atoms with Gasteiger partial charge >= 0.3 is 6.18 Å². The van der Waals surface area contributed by atoms with Gasteiger partial charge in [0.1, 0.15) is 35.4 Å². The standard InChI is InChI=1S/C25H27F4N3O3.C2H6/c1-16-22(11-14-33)32(30-24(16)25(27,28)29)17-3-5-18(6-4-17)35-19-9-12-31(13-10-19)23-15-20(34-2)7-8-21(23)26;1-2/h3-8,14-16,19,22H,9-13H2,1-2H3;1-2H3/t16?,22-;/m0./s1. The lowest BCUT2D eigenvalue weighted by atomic mass is 9.95. The first-order valence-electron chi connectivity index (χ1n) is 12.4. The lowest BCUT2D eigenvalue weighted by Crippen LogP contribution is -2.38. The predicted octanol–water partition coefficient (Wildman–Crippen LogP) is 6.24. The Morgan fingerprint density at radius 3 is 2.24 bits per heavy atom. The predicted molar refractivity (Wildman–Crippen MR) is 136 cm³/mol. The molecule has 2 heterocycles. The number of nitrogens with zero attached hydrogens (tertiary/aromatic N) is 3. The summed E-state index contributed by atoms with van der Waals surface area (Å²) in [5.74, 6) is -0.0507. The summed E-state index contributed by atoms with van der Waals surface area (Å²) in [6.07, 6.45) is -2.71. The molecule has 2 aromatic rings. The van der Waals surface area contributed by atoms with Gasteiger partial charge in [-0.1, -0.05) is 20.8 Å². The first-order valence-corrected chi connectivity index (χ1v) is 12.4. The molecule has 6 nitrogen and oxygen atoms in total. The van der Waals surface area contributed by atoms with Crippen LogP contribution in [0.15, 0.2) is 47.6 Å². The first-order chi connectivity index (χ1) is 17.7. The first kappa shape index (κ1) is 28.3. The molecule has 202 valence electrons. The fourth-order valence-electron chi connectivity index (χ4n) is 4.59. The maximum absolute atomic E-state index is 14.3. The third-order valence-electron chi connectivity index (χ3n) is 6.51. The van der Waals surface area contributed by atoms with Gasteiger partial charge in [0.05, 0.1) is 24.5 Å². The number of carbonyl (C=O) groups is 1. The number of methoxy groups -OCH3 is 1. The van der Waals surface area contributed by atoms with Crippen LogP contribution in [0.4, 0.5) is 28.9 Å². The fraction of sp³-hybridized carbons (Fsp3) is 0.481. The second kappa shape index (κ2) is 12.3. The number of rotatable bonds is 7. The van der Waals surface area contributed by atoms with Crippen LogP contribution in [-0.2, 0) is 4.79 Å². The number of anilines is 2. The van der Waals surface area contributed by atoms with Crippen LogP contribution in [0.2, 0.25) is 0 Å². The fourth-order valence-corrected chi connectivity index (χ4v) is 4.59. The molecule has 0 aromatic heterocycles. The minimum Gasteiger partial charge on any atom is -0.497 e. The molecule has 0 saturated carbocycles. The van der Waals surface area contributed by atoms with Crippen molar-refractivity contribution in [2.45, 2.75) is 58.4 Å². The summed E-state index contributed by atoms with van der Waals surface area (Å²) in [6, 6.07) is 10.6. The number of carbonyl (C=O) groups excluding carboxylic acids is 1. The molecule has 0 spiro atoms. The summed E-state index contributed by atoms with van der Waals surface area (Å²) in [5.41, 5.74) is 0.0678. The van der Waals surface area contributed by atoms with Crippen molar-refractivity contribution in [1.82, 2.24) is 0 Å². The van der Waals surface area contributed by atoms with E-state index in [1.165, 1.54) is 25.1 Å². The molecule has 1 fully saturated rings. The van der Waals surface area contributed by atoms with E-state index in [2.05, 4.69) is 5.10 Å². The number of benzene rings is 2. The van der Waals surface area contributed by atoms with Gasteiger partial charge in [-0.05, 0) is 36.4 Å². The van der Waals surface area contributed by atoms with E-state index in [4.69, 9.17) is 9.47 Å². The van der Waals surface area contributed by atoms with E-state index in [1.807, 2.05) is 18.7 Å². The van der Waals surface area contributed by atoms with Crippen LogP contribution in [0.5, 0.6) is 11.5 Å². The highest BCUT2D eigenvalue weighted by atomic mass is 19.4. The average Bonchev–Trinajstić information content (AvgIpc) is 3.23. The molecule has 0 radical (unpaired) electrons. The maximum Gasteiger partial charge on any atom is 0.431 e. The zero-order chi connectivity index (χ0) is 27.2. The quantitative estimate of drug-likeness (QED) is 0.318. The van der Waals surface area contributed by atoms with Gasteiger partial charge in [0.2, 0.25) is 0 Å². The highest BCUT2D eigenvalue weighted by molar-refractivity contribution is 5.95. The topological polar surface area (TPSA) is 54.4 Å². The third kappa shape index (κ3) is 6.53. The van der Waals surface area contributed by atoms with Gasteiger partial charge in [-0.15, -0.1) is 0 Å². The Hall–Kier alpha value is -3.30. The number of aldehydes is 1. The Labute approximate surface area is 214 Å². The molecule has 10 heteroatoms. The molecule has 1 saturated heterocycles. The number of piperidine rings is 1. The van der Waals surface area contributed by atoms with Crippen LogP contribution in [0, 0.1) is 11.7 Å². The zero-order valence-corrected chi connectivity index (χ0v) is 21.5. The molecular weight excluding hydrogens is 490 g/mol. The molecule has 2 atom stereocenters. The largest absolute Gasteiger partial charge is 0.497 e. The summed E-state index contributed by atoms with van der Waals surface area (Å²) in [5, 5.41) is 5.06. The molecule has 0 bridgehead atoms. The van der Waals surface area contributed by atoms with Crippen molar-refractivity contribution in [3.05, 3.63) is 48.3 Å². The van der Waals surface area contributed by atoms with E-state index < -0.39 is 23.8 Å². The zero-order valence-electron chi connectivity index (χ0n) is 21.5. The van der Waals surface area contributed by atoms with E-state index in [9.17, 15) is 22.4 Å². The Morgan fingerprint density at radius 2 is 1.68 bits per heavy atom. The average molecular weight is 524 g/mol. The highest BCUT2D eigenvalue weighted by Crippen LogP contribution is 2.37. The maximum atomic E-state index is 14.3. The Kier molecular flexibility index (Phi) is 9.39. The van der Waals surface area contributed by atoms with Crippen molar-refractivity contribution in [1.29, 1.82) is 0 Å². The summed E-state index contributed by atoms with van der Waals surface area (Å²) in [6.45, 7) is 6.66. The van der Waals surface area contributed by atoms with Crippen molar-refractivity contribution >= 4 is 23.4 Å². The number of ether oxygens (including phenoxy) is 2. The van der Waals surface area contributed by atoms with Crippen LogP contribution in [0.3, 0.4) is 0 Å². The van der Waals surface area contributed by atoms with Crippen LogP contribution >= 0.6 is 0 Å². The number of hydrogen-bond acceptors (Lipinski definition) is 6. The lowest BCUT2D eigenvalue weighted by molar-refractivity contribution is -0.108. The number of halogens is 4. The van der Waals surface area contributed by atoms with E-state index in [1.54, 1.807) is 36.4 Å². The van der Waals surface area contributed by atoms with Gasteiger partial charge in [-0.25, -0.2) is 4.39 Å². The number of hydrazone groups is 1. The minimum absolute atomic E-state index is 0.0606. The van der Waals surface area contributed by atoms with Gasteiger partial charge in [0, 0.05) is 44.3 Å². The molecule has 0 amide bonds. The van der Waals surface area contributed by atoms with E-state index in [-0.39, 0.29) is 18.3 Å². The molecule has 2 aromatic carbocycles. The van der Waals surface area contributed by atoms with Gasteiger partial charge in [-0.2, -0.15) is 18.3 Å². The van der Waals surface area contributed by atoms with E-state index in [0.29, 0.717) is 55.1 Å². The highest BCUT2D eigenvalue weighted by Gasteiger charge is 2.48. The number of alkyl halides is 3. The Bertz CT molecular complexity index is 1070. The lowest BCUT2D eigenvalue weighted by Gasteiger charge is -2.34. The van der Waals surface area contributed by atoms with Gasteiger partial charge in [-0.3, -0.25) is 5.01 Å². The van der Waals surface area contributed by atoms with Crippen LogP contribution in [0.1, 0.15) is 40.0 Å². The van der Waals surface area contributed by atoms with E-state index in [0.717, 1.165) is 0 Å². The van der Waals surface area contributed by atoms with Crippen molar-refractivity contribution in [3.63, 3.8) is 0 Å². The monoisotopic (exact) mass is 523 g/mol. The summed E-state index contributed by atoms with van der Waals surface area (Å²) < 4.78 is 65.5. The van der Waals surface area contributed by atoms with Crippen LogP contribution in [-0.4, -0.2) is 50.5 Å². The van der Waals surface area contributed by atoms with Crippen LogP contribution < -0.4 is 19.4 Å². The molecule has 0 N–H and O–H groups in total. The van der Waals surface area contributed by atoms with Crippen molar-refractivity contribution < 1.29 is 31.8 Å². The third-order valence-corrected chi connectivity index (χ3v) is 6.51. The van der Waals surface area contributed by atoms with E-state index >= 15 is 0 Å². The summed E-state index contributed by atoms with van der Waals surface area (Å²) in [4.78, 5) is 13.0. The number of hydrogen-bond donors (Lipinski definition) is 0. The Morgan fingerprint density at radius 1 is 1.05 bits per heavy atom. The van der Waals surface area contributed by atoms with Crippen molar-refractivity contribution in [2.24, 2.45) is 11.0 Å². The molecule has 4 rings (SSSR count). The molecule has 2 aliphatic rings. The normalized spacial score (nSPS) is 20.2. The van der Waals surface area contributed by atoms with Crippen LogP contribution in [0.25, 0.3) is 0 Å². The van der Waals surface area contributed by atoms with Gasteiger partial charge in [0.25, 0.3) is 0 Å². The molecule has 2 aliphatic heterocycles. The molecule has 0 aliphatic carbocycles. The second-order valence-corrected chi connectivity index (χ2v) is 8.70.